The summed E-state index contributed by atoms with van der Waals surface area (Å²) in [6.45, 7) is 10.8. The number of methoxy groups -OCH3 is 1. The first-order chi connectivity index (χ1) is 14.7. The molecule has 2 fully saturated rings. The number of likely N-dealkylation sites (tertiary alicyclic amines) is 2. The summed E-state index contributed by atoms with van der Waals surface area (Å²) in [5.41, 5.74) is 1.23. The van der Waals surface area contributed by atoms with Gasteiger partial charge in [0.05, 0.1) is 10.7 Å². The summed E-state index contributed by atoms with van der Waals surface area (Å²) >= 11 is 1.75. The monoisotopic (exact) mass is 436 g/mol. The second kappa shape index (κ2) is 12.6. The Bertz CT molecular complexity index is 635. The molecule has 2 saturated heterocycles. The van der Waals surface area contributed by atoms with Gasteiger partial charge in [-0.2, -0.15) is 0 Å². The third-order valence-corrected chi connectivity index (χ3v) is 7.11. The van der Waals surface area contributed by atoms with E-state index < -0.39 is 0 Å². The summed E-state index contributed by atoms with van der Waals surface area (Å²) in [6, 6.07) is 0.526. The zero-order chi connectivity index (χ0) is 21.2. The van der Waals surface area contributed by atoms with Gasteiger partial charge in [-0.1, -0.05) is 0 Å². The largest absolute Gasteiger partial charge is 0.385 e. The molecule has 3 heterocycles. The summed E-state index contributed by atoms with van der Waals surface area (Å²) < 4.78 is 5.16. The molecule has 0 aliphatic carbocycles. The van der Waals surface area contributed by atoms with Crippen LogP contribution in [0.15, 0.2) is 10.4 Å². The van der Waals surface area contributed by atoms with Crippen molar-refractivity contribution in [1.29, 1.82) is 0 Å². The molecule has 0 amide bonds. The molecule has 0 atom stereocenters. The Balaban J connectivity index is 1.29. The molecule has 2 N–H and O–H groups in total. The number of rotatable bonds is 9. The minimum Gasteiger partial charge on any atom is -0.385 e. The average Bonchev–Trinajstić information content (AvgIpc) is 3.18. The molecule has 30 heavy (non-hydrogen) atoms. The number of aliphatic imine (C=N–C) groups is 1. The maximum Gasteiger partial charge on any atom is 0.191 e. The Hall–Kier alpha value is -1.22. The van der Waals surface area contributed by atoms with Gasteiger partial charge in [-0.05, 0) is 58.0 Å². The molecule has 0 radical (unpaired) electrons. The van der Waals surface area contributed by atoms with Gasteiger partial charge in [-0.3, -0.25) is 9.89 Å². The number of aromatic nitrogens is 1. The number of nitrogens with one attached hydrogen (secondary N) is 2. The Kier molecular flexibility index (Phi) is 9.84. The number of guanidine groups is 1. The van der Waals surface area contributed by atoms with E-state index in [9.17, 15) is 0 Å². The predicted molar refractivity (Wildman–Crippen MR) is 125 cm³/mol. The van der Waals surface area contributed by atoms with Crippen molar-refractivity contribution in [2.75, 3.05) is 60.0 Å². The zero-order valence-corrected chi connectivity index (χ0v) is 19.8. The minimum atomic E-state index is 0.526. The Morgan fingerprint density at radius 1 is 1.20 bits per heavy atom. The van der Waals surface area contributed by atoms with Crippen LogP contribution in [-0.2, 0) is 11.3 Å². The highest BCUT2D eigenvalue weighted by atomic mass is 32.1. The highest BCUT2D eigenvalue weighted by molar-refractivity contribution is 7.09. The van der Waals surface area contributed by atoms with Crippen molar-refractivity contribution in [2.45, 2.75) is 51.6 Å². The molecule has 2 aliphatic rings. The molecular formula is C22H40N6OS. The third kappa shape index (κ3) is 7.80. The summed E-state index contributed by atoms with van der Waals surface area (Å²) in [6.07, 6.45) is 5.98. The molecule has 2 aliphatic heterocycles. The van der Waals surface area contributed by atoms with Gasteiger partial charge >= 0.3 is 0 Å². The van der Waals surface area contributed by atoms with Gasteiger partial charge in [0.15, 0.2) is 5.96 Å². The molecule has 0 aromatic carbocycles. The van der Waals surface area contributed by atoms with Gasteiger partial charge in [-0.15, -0.1) is 11.3 Å². The van der Waals surface area contributed by atoms with E-state index in [0.29, 0.717) is 6.04 Å². The maximum atomic E-state index is 5.16. The van der Waals surface area contributed by atoms with Crippen LogP contribution < -0.4 is 10.6 Å². The molecule has 0 unspecified atom stereocenters. The van der Waals surface area contributed by atoms with Gasteiger partial charge in [0.2, 0.25) is 0 Å². The number of thiazole rings is 1. The summed E-state index contributed by atoms with van der Waals surface area (Å²) in [4.78, 5) is 14.2. The van der Waals surface area contributed by atoms with Crippen molar-refractivity contribution in [3.63, 3.8) is 0 Å². The second-order valence-corrected chi connectivity index (χ2v) is 9.70. The number of nitrogens with zero attached hydrogens (tertiary/aromatic N) is 4. The van der Waals surface area contributed by atoms with E-state index in [-0.39, 0.29) is 0 Å². The van der Waals surface area contributed by atoms with Crippen molar-refractivity contribution in [2.24, 2.45) is 10.9 Å². The fourth-order valence-corrected chi connectivity index (χ4v) is 5.02. The minimum absolute atomic E-state index is 0.526. The van der Waals surface area contributed by atoms with Crippen LogP contribution >= 0.6 is 11.3 Å². The van der Waals surface area contributed by atoms with Gasteiger partial charge in [0.25, 0.3) is 0 Å². The average molecular weight is 437 g/mol. The van der Waals surface area contributed by atoms with E-state index in [4.69, 9.17) is 4.74 Å². The summed E-state index contributed by atoms with van der Waals surface area (Å²) in [5.74, 6) is 1.69. The molecule has 1 aromatic heterocycles. The van der Waals surface area contributed by atoms with Crippen LogP contribution in [0.4, 0.5) is 0 Å². The van der Waals surface area contributed by atoms with E-state index in [1.165, 1.54) is 36.4 Å². The lowest BCUT2D eigenvalue weighted by Crippen LogP contribution is -2.50. The van der Waals surface area contributed by atoms with Crippen LogP contribution in [0.1, 0.15) is 42.8 Å². The molecular weight excluding hydrogens is 396 g/mol. The second-order valence-electron chi connectivity index (χ2n) is 8.64. The van der Waals surface area contributed by atoms with E-state index in [1.54, 1.807) is 18.4 Å². The number of aryl methyl sites for hydroxylation is 1. The molecule has 0 bridgehead atoms. The predicted octanol–water partition coefficient (Wildman–Crippen LogP) is 2.33. The number of ether oxygens (including phenoxy) is 1. The van der Waals surface area contributed by atoms with Crippen LogP contribution in [0.5, 0.6) is 0 Å². The molecule has 0 spiro atoms. The fraction of sp³-hybridized carbons (Fsp3) is 0.818. The quantitative estimate of drug-likeness (QED) is 0.352. The normalized spacial score (nSPS) is 20.6. The van der Waals surface area contributed by atoms with E-state index in [1.807, 2.05) is 7.05 Å². The van der Waals surface area contributed by atoms with Crippen molar-refractivity contribution < 1.29 is 4.74 Å². The van der Waals surface area contributed by atoms with Gasteiger partial charge in [0, 0.05) is 64.9 Å². The van der Waals surface area contributed by atoms with Crippen LogP contribution in [-0.4, -0.2) is 86.8 Å². The zero-order valence-electron chi connectivity index (χ0n) is 19.0. The van der Waals surface area contributed by atoms with Gasteiger partial charge in [0.1, 0.15) is 0 Å². The highest BCUT2D eigenvalue weighted by Crippen LogP contribution is 2.19. The number of hydrogen-bond donors (Lipinski definition) is 2. The maximum absolute atomic E-state index is 5.16. The number of piperidine rings is 2. The molecule has 1 aromatic rings. The van der Waals surface area contributed by atoms with Crippen molar-refractivity contribution in [3.05, 3.63) is 16.1 Å². The van der Waals surface area contributed by atoms with Crippen LogP contribution in [0.2, 0.25) is 0 Å². The van der Waals surface area contributed by atoms with Crippen LogP contribution in [0.3, 0.4) is 0 Å². The lowest BCUT2D eigenvalue weighted by Gasteiger charge is -2.34. The smallest absolute Gasteiger partial charge is 0.191 e. The molecule has 3 rings (SSSR count). The lowest BCUT2D eigenvalue weighted by molar-refractivity contribution is 0.155. The Labute approximate surface area is 186 Å². The number of hydrogen-bond acceptors (Lipinski definition) is 6. The standard InChI is InChI=1S/C22H40N6OS/c1-18-25-21(17-30-18)16-28-10-5-19(6-11-28)15-24-22(23-2)26-20-7-12-27(13-8-20)9-4-14-29-3/h17,19-20H,4-16H2,1-3H3,(H2,23,24,26). The fourth-order valence-electron chi connectivity index (χ4n) is 4.42. The first kappa shape index (κ1) is 23.4. The highest BCUT2D eigenvalue weighted by Gasteiger charge is 2.22. The first-order valence-electron chi connectivity index (χ1n) is 11.5. The van der Waals surface area contributed by atoms with E-state index in [2.05, 4.69) is 42.7 Å². The third-order valence-electron chi connectivity index (χ3n) is 6.29. The SMILES string of the molecule is CN=C(NCC1CCN(Cc2csc(C)n2)CC1)NC1CCN(CCCOC)CC1. The first-order valence-corrected chi connectivity index (χ1v) is 12.4. The Morgan fingerprint density at radius 3 is 2.57 bits per heavy atom. The van der Waals surface area contributed by atoms with E-state index in [0.717, 1.165) is 70.7 Å². The van der Waals surface area contributed by atoms with Crippen LogP contribution in [0.25, 0.3) is 0 Å². The molecule has 170 valence electrons. The Morgan fingerprint density at radius 2 is 1.93 bits per heavy atom. The van der Waals surface area contributed by atoms with Crippen molar-refractivity contribution >= 4 is 17.3 Å². The molecule has 7 nitrogen and oxygen atoms in total. The van der Waals surface area contributed by atoms with E-state index >= 15 is 0 Å². The topological polar surface area (TPSA) is 65.0 Å². The molecule has 8 heteroatoms. The summed E-state index contributed by atoms with van der Waals surface area (Å²) in [5, 5.41) is 10.6. The van der Waals surface area contributed by atoms with Crippen LogP contribution in [0, 0.1) is 12.8 Å². The lowest BCUT2D eigenvalue weighted by atomic mass is 9.97. The summed E-state index contributed by atoms with van der Waals surface area (Å²) in [7, 11) is 3.66. The van der Waals surface area contributed by atoms with Crippen molar-refractivity contribution in [3.8, 4) is 0 Å². The van der Waals surface area contributed by atoms with Crippen molar-refractivity contribution in [1.82, 2.24) is 25.4 Å². The molecule has 0 saturated carbocycles. The van der Waals surface area contributed by atoms with Gasteiger partial charge < -0.3 is 20.3 Å². The van der Waals surface area contributed by atoms with Gasteiger partial charge in [-0.25, -0.2) is 4.98 Å².